The van der Waals surface area contributed by atoms with E-state index >= 15 is 0 Å². The number of hydrogen-bond acceptors (Lipinski definition) is 2. The minimum Gasteiger partial charge on any atom is -0.480 e. The highest BCUT2D eigenvalue weighted by atomic mass is 16.4. The molecule has 0 aromatic heterocycles. The van der Waals surface area contributed by atoms with Crippen LogP contribution in [0.25, 0.3) is 0 Å². The molecule has 0 aromatic rings. The maximum Gasteiger partial charge on any atom is 0.320 e. The van der Waals surface area contributed by atoms with Gasteiger partial charge in [0.15, 0.2) is 0 Å². The van der Waals surface area contributed by atoms with Crippen molar-refractivity contribution in [1.29, 1.82) is 0 Å². The van der Waals surface area contributed by atoms with Crippen LogP contribution in [0.3, 0.4) is 0 Å². The quantitative estimate of drug-likeness (QED) is 0.498. The molecule has 1 heterocycles. The molecule has 1 aliphatic rings. The first-order valence-corrected chi connectivity index (χ1v) is 2.69. The van der Waals surface area contributed by atoms with Crippen molar-refractivity contribution in [1.82, 2.24) is 5.32 Å². The van der Waals surface area contributed by atoms with Gasteiger partial charge in [0.25, 0.3) is 0 Å². The standard InChI is InChI=1S/C5H9NO2/c1-3-2-4(6-3)5(7)8/h3-4,6H,2H2,1H3,(H,7,8)/t3-,4-/m0/s1. The zero-order valence-corrected chi connectivity index (χ0v) is 4.72. The molecular formula is C5H9NO2. The first kappa shape index (κ1) is 5.56. The molecule has 3 nitrogen and oxygen atoms in total. The van der Waals surface area contributed by atoms with E-state index in [4.69, 9.17) is 5.11 Å². The molecule has 46 valence electrons. The summed E-state index contributed by atoms with van der Waals surface area (Å²) in [4.78, 5) is 10.1. The summed E-state index contributed by atoms with van der Waals surface area (Å²) in [5.41, 5.74) is 0. The maximum absolute atomic E-state index is 10.1. The van der Waals surface area contributed by atoms with Gasteiger partial charge in [0.1, 0.15) is 6.04 Å². The number of rotatable bonds is 1. The van der Waals surface area contributed by atoms with E-state index in [9.17, 15) is 4.79 Å². The lowest BCUT2D eigenvalue weighted by molar-refractivity contribution is -0.142. The molecule has 1 aliphatic heterocycles. The van der Waals surface area contributed by atoms with E-state index in [-0.39, 0.29) is 6.04 Å². The average Bonchev–Trinajstić information content (AvgIpc) is 1.57. The van der Waals surface area contributed by atoms with Crippen molar-refractivity contribution < 1.29 is 9.90 Å². The van der Waals surface area contributed by atoms with Gasteiger partial charge < -0.3 is 10.4 Å². The highest BCUT2D eigenvalue weighted by Crippen LogP contribution is 2.09. The van der Waals surface area contributed by atoms with Crippen molar-refractivity contribution >= 4 is 5.97 Å². The van der Waals surface area contributed by atoms with Crippen LogP contribution >= 0.6 is 0 Å². The summed E-state index contributed by atoms with van der Waals surface area (Å²) < 4.78 is 0. The van der Waals surface area contributed by atoms with Gasteiger partial charge in [-0.3, -0.25) is 4.79 Å². The molecule has 3 heteroatoms. The van der Waals surface area contributed by atoms with Gasteiger partial charge in [0.2, 0.25) is 0 Å². The highest BCUT2D eigenvalue weighted by Gasteiger charge is 2.29. The van der Waals surface area contributed by atoms with E-state index in [0.717, 1.165) is 6.42 Å². The van der Waals surface area contributed by atoms with Crippen molar-refractivity contribution in [2.75, 3.05) is 0 Å². The molecule has 1 fully saturated rings. The fourth-order valence-electron chi connectivity index (χ4n) is 0.845. The van der Waals surface area contributed by atoms with E-state index < -0.39 is 5.97 Å². The summed E-state index contributed by atoms with van der Waals surface area (Å²) in [6.45, 7) is 1.97. The predicted molar refractivity (Wildman–Crippen MR) is 28.6 cm³/mol. The lowest BCUT2D eigenvalue weighted by atomic mass is 9.99. The average molecular weight is 115 g/mol. The zero-order chi connectivity index (χ0) is 6.15. The molecule has 8 heavy (non-hydrogen) atoms. The van der Waals surface area contributed by atoms with E-state index in [1.54, 1.807) is 0 Å². The Balaban J connectivity index is 2.25. The van der Waals surface area contributed by atoms with Crippen LogP contribution in [0.4, 0.5) is 0 Å². The normalized spacial score (nSPS) is 36.1. The topological polar surface area (TPSA) is 49.3 Å². The van der Waals surface area contributed by atoms with Gasteiger partial charge in [-0.25, -0.2) is 0 Å². The fraction of sp³-hybridized carbons (Fsp3) is 0.800. The molecule has 0 radical (unpaired) electrons. The van der Waals surface area contributed by atoms with Gasteiger partial charge >= 0.3 is 5.97 Å². The lowest BCUT2D eigenvalue weighted by Crippen LogP contribution is -2.54. The summed E-state index contributed by atoms with van der Waals surface area (Å²) in [5, 5.41) is 11.1. The lowest BCUT2D eigenvalue weighted by Gasteiger charge is -2.30. The SMILES string of the molecule is C[C@H]1C[C@@H](C(=O)O)N1. The van der Waals surface area contributed by atoms with E-state index in [2.05, 4.69) is 5.32 Å². The third-order valence-corrected chi connectivity index (χ3v) is 1.37. The zero-order valence-electron chi connectivity index (χ0n) is 4.72. The molecule has 0 aliphatic carbocycles. The van der Waals surface area contributed by atoms with E-state index in [1.165, 1.54) is 0 Å². The summed E-state index contributed by atoms with van der Waals surface area (Å²) in [7, 11) is 0. The van der Waals surface area contributed by atoms with Crippen molar-refractivity contribution in [3.05, 3.63) is 0 Å². The van der Waals surface area contributed by atoms with Gasteiger partial charge in [-0.15, -0.1) is 0 Å². The minimum absolute atomic E-state index is 0.273. The minimum atomic E-state index is -0.733. The second-order valence-corrected chi connectivity index (χ2v) is 2.19. The van der Waals surface area contributed by atoms with E-state index in [1.807, 2.05) is 6.92 Å². The number of hydrogen-bond donors (Lipinski definition) is 2. The van der Waals surface area contributed by atoms with Gasteiger partial charge in [-0.1, -0.05) is 0 Å². The Kier molecular flexibility index (Phi) is 1.21. The number of aliphatic carboxylic acids is 1. The van der Waals surface area contributed by atoms with Crippen LogP contribution < -0.4 is 5.32 Å². The molecular weight excluding hydrogens is 106 g/mol. The Morgan fingerprint density at radius 1 is 1.88 bits per heavy atom. The van der Waals surface area contributed by atoms with Gasteiger partial charge in [0, 0.05) is 6.04 Å². The number of nitrogens with one attached hydrogen (secondary N) is 1. The number of carboxylic acid groups (broad SMARTS) is 1. The Morgan fingerprint density at radius 2 is 2.38 bits per heavy atom. The predicted octanol–water partition coefficient (Wildman–Crippen LogP) is -0.179. The van der Waals surface area contributed by atoms with Crippen LogP contribution in [0.2, 0.25) is 0 Å². The third kappa shape index (κ3) is 0.816. The number of carboxylic acids is 1. The smallest absolute Gasteiger partial charge is 0.320 e. The van der Waals surface area contributed by atoms with Crippen LogP contribution in [0.1, 0.15) is 13.3 Å². The van der Waals surface area contributed by atoms with E-state index in [0.29, 0.717) is 6.04 Å². The summed E-state index contributed by atoms with van der Waals surface area (Å²) in [5.74, 6) is -0.733. The summed E-state index contributed by atoms with van der Waals surface area (Å²) in [6.07, 6.45) is 0.773. The Labute approximate surface area is 47.7 Å². The molecule has 0 unspecified atom stereocenters. The molecule has 0 amide bonds. The molecule has 2 N–H and O–H groups in total. The second-order valence-electron chi connectivity index (χ2n) is 2.19. The van der Waals surface area contributed by atoms with Crippen molar-refractivity contribution in [2.45, 2.75) is 25.4 Å². The molecule has 0 spiro atoms. The molecule has 1 saturated heterocycles. The van der Waals surface area contributed by atoms with Crippen molar-refractivity contribution in [3.63, 3.8) is 0 Å². The molecule has 1 rings (SSSR count). The largest absolute Gasteiger partial charge is 0.480 e. The maximum atomic E-state index is 10.1. The number of carbonyl (C=O) groups is 1. The molecule has 0 saturated carbocycles. The Morgan fingerprint density at radius 3 is 2.50 bits per heavy atom. The fourth-order valence-corrected chi connectivity index (χ4v) is 0.845. The summed E-state index contributed by atoms with van der Waals surface area (Å²) in [6, 6.07) is 0.126. The first-order chi connectivity index (χ1) is 3.70. The van der Waals surface area contributed by atoms with Gasteiger partial charge in [-0.05, 0) is 13.3 Å². The van der Waals surface area contributed by atoms with Crippen LogP contribution in [0.15, 0.2) is 0 Å². The third-order valence-electron chi connectivity index (χ3n) is 1.37. The second kappa shape index (κ2) is 1.74. The highest BCUT2D eigenvalue weighted by molar-refractivity contribution is 5.74. The van der Waals surface area contributed by atoms with Crippen LogP contribution in [0, 0.1) is 0 Å². The Hall–Kier alpha value is -0.570. The molecule has 0 bridgehead atoms. The molecule has 2 atom stereocenters. The van der Waals surface area contributed by atoms with Crippen LogP contribution in [0.5, 0.6) is 0 Å². The first-order valence-electron chi connectivity index (χ1n) is 2.69. The Bertz CT molecular complexity index is 107. The molecule has 0 aromatic carbocycles. The monoisotopic (exact) mass is 115 g/mol. The van der Waals surface area contributed by atoms with Crippen LogP contribution in [-0.2, 0) is 4.79 Å². The van der Waals surface area contributed by atoms with Crippen LogP contribution in [-0.4, -0.2) is 23.2 Å². The van der Waals surface area contributed by atoms with Crippen molar-refractivity contribution in [3.8, 4) is 0 Å². The van der Waals surface area contributed by atoms with Crippen molar-refractivity contribution in [2.24, 2.45) is 0 Å². The van der Waals surface area contributed by atoms with Gasteiger partial charge in [0.05, 0.1) is 0 Å². The summed E-state index contributed by atoms with van der Waals surface area (Å²) >= 11 is 0. The van der Waals surface area contributed by atoms with Gasteiger partial charge in [-0.2, -0.15) is 0 Å².